The van der Waals surface area contributed by atoms with Crippen molar-refractivity contribution in [1.29, 1.82) is 0 Å². The van der Waals surface area contributed by atoms with Crippen LogP contribution in [0.2, 0.25) is 0 Å². The predicted molar refractivity (Wildman–Crippen MR) is 115 cm³/mol. The van der Waals surface area contributed by atoms with Gasteiger partial charge in [-0.05, 0) is 56.5 Å². The summed E-state index contributed by atoms with van der Waals surface area (Å²) in [5.41, 5.74) is 2.17. The lowest BCUT2D eigenvalue weighted by atomic mass is 10.2. The van der Waals surface area contributed by atoms with E-state index in [2.05, 4.69) is 10.6 Å². The number of methoxy groups -OCH3 is 1. The zero-order chi connectivity index (χ0) is 21.7. The van der Waals surface area contributed by atoms with Gasteiger partial charge in [0.2, 0.25) is 15.7 Å². The maximum atomic E-state index is 13.2. The van der Waals surface area contributed by atoms with Crippen LogP contribution < -0.4 is 15.4 Å². The third kappa shape index (κ3) is 5.12. The van der Waals surface area contributed by atoms with E-state index in [4.69, 9.17) is 9.47 Å². The van der Waals surface area contributed by atoms with Crippen LogP contribution in [0.4, 0.5) is 5.69 Å². The molecule has 1 aliphatic heterocycles. The Morgan fingerprint density at radius 3 is 2.53 bits per heavy atom. The first-order valence-corrected chi connectivity index (χ1v) is 11.4. The fraction of sp³-hybridized carbons (Fsp3) is 0.409. The number of amides is 1. The van der Waals surface area contributed by atoms with Gasteiger partial charge < -0.3 is 20.1 Å². The SMILES string of the molecule is COc1c(NCC(=O)NCC2CCCO2)cc(C)cc1S(=O)(=O)c1ccc(C)cc1. The average molecular weight is 433 g/mol. The minimum atomic E-state index is -3.79. The minimum Gasteiger partial charge on any atom is -0.493 e. The van der Waals surface area contributed by atoms with Crippen LogP contribution >= 0.6 is 0 Å². The molecule has 1 amide bonds. The van der Waals surface area contributed by atoms with Crippen molar-refractivity contribution in [1.82, 2.24) is 5.32 Å². The van der Waals surface area contributed by atoms with E-state index < -0.39 is 9.84 Å². The molecule has 8 heteroatoms. The Hall–Kier alpha value is -2.58. The average Bonchev–Trinajstić information content (AvgIpc) is 3.24. The van der Waals surface area contributed by atoms with Gasteiger partial charge >= 0.3 is 0 Å². The molecule has 2 N–H and O–H groups in total. The molecule has 162 valence electrons. The highest BCUT2D eigenvalue weighted by atomic mass is 32.2. The number of nitrogens with one attached hydrogen (secondary N) is 2. The minimum absolute atomic E-state index is 0.00342. The largest absolute Gasteiger partial charge is 0.493 e. The van der Waals surface area contributed by atoms with Crippen LogP contribution in [0.3, 0.4) is 0 Å². The number of carbonyl (C=O) groups excluding carboxylic acids is 1. The summed E-state index contributed by atoms with van der Waals surface area (Å²) in [6, 6.07) is 10.0. The smallest absolute Gasteiger partial charge is 0.239 e. The molecule has 1 unspecified atom stereocenters. The van der Waals surface area contributed by atoms with E-state index in [9.17, 15) is 13.2 Å². The van der Waals surface area contributed by atoms with Crippen LogP contribution in [-0.2, 0) is 19.4 Å². The van der Waals surface area contributed by atoms with Gasteiger partial charge in [0.25, 0.3) is 0 Å². The maximum Gasteiger partial charge on any atom is 0.239 e. The quantitative estimate of drug-likeness (QED) is 0.666. The van der Waals surface area contributed by atoms with Gasteiger partial charge in [-0.2, -0.15) is 0 Å². The highest BCUT2D eigenvalue weighted by Crippen LogP contribution is 2.36. The van der Waals surface area contributed by atoms with Crippen molar-refractivity contribution >= 4 is 21.4 Å². The number of ether oxygens (including phenoxy) is 2. The first-order valence-electron chi connectivity index (χ1n) is 9.94. The molecule has 30 heavy (non-hydrogen) atoms. The Kier molecular flexibility index (Phi) is 6.99. The first kappa shape index (κ1) is 22.1. The number of rotatable bonds is 8. The van der Waals surface area contributed by atoms with Crippen molar-refractivity contribution in [2.24, 2.45) is 0 Å². The monoisotopic (exact) mass is 432 g/mol. The van der Waals surface area contributed by atoms with E-state index in [0.29, 0.717) is 12.2 Å². The predicted octanol–water partition coefficient (Wildman–Crippen LogP) is 2.85. The zero-order valence-corrected chi connectivity index (χ0v) is 18.3. The Morgan fingerprint density at radius 2 is 1.90 bits per heavy atom. The van der Waals surface area contributed by atoms with E-state index in [1.54, 1.807) is 43.3 Å². The van der Waals surface area contributed by atoms with E-state index in [-0.39, 0.29) is 34.1 Å². The van der Waals surface area contributed by atoms with E-state index in [0.717, 1.165) is 30.6 Å². The third-order valence-corrected chi connectivity index (χ3v) is 6.79. The van der Waals surface area contributed by atoms with Crippen LogP contribution in [-0.4, -0.2) is 47.2 Å². The fourth-order valence-corrected chi connectivity index (χ4v) is 4.92. The summed E-state index contributed by atoms with van der Waals surface area (Å²) >= 11 is 0. The lowest BCUT2D eigenvalue weighted by Gasteiger charge is -2.17. The summed E-state index contributed by atoms with van der Waals surface area (Å²) in [6.45, 7) is 4.90. The van der Waals surface area contributed by atoms with Crippen LogP contribution in [0.15, 0.2) is 46.2 Å². The van der Waals surface area contributed by atoms with Gasteiger partial charge in [0.1, 0.15) is 4.90 Å². The van der Waals surface area contributed by atoms with Crippen molar-refractivity contribution in [3.8, 4) is 5.75 Å². The summed E-state index contributed by atoms with van der Waals surface area (Å²) < 4.78 is 37.4. The van der Waals surface area contributed by atoms with Gasteiger partial charge in [-0.15, -0.1) is 0 Å². The van der Waals surface area contributed by atoms with E-state index >= 15 is 0 Å². The van der Waals surface area contributed by atoms with Gasteiger partial charge in [0.05, 0.1) is 30.3 Å². The Labute approximate surface area is 177 Å². The first-order chi connectivity index (χ1) is 14.3. The number of sulfone groups is 1. The van der Waals surface area contributed by atoms with Crippen molar-refractivity contribution in [3.63, 3.8) is 0 Å². The molecular formula is C22H28N2O5S. The van der Waals surface area contributed by atoms with Gasteiger partial charge in [-0.1, -0.05) is 17.7 Å². The molecule has 1 aliphatic rings. The van der Waals surface area contributed by atoms with E-state index in [1.165, 1.54) is 7.11 Å². The molecule has 0 bridgehead atoms. The highest BCUT2D eigenvalue weighted by Gasteiger charge is 2.25. The number of hydrogen-bond acceptors (Lipinski definition) is 6. The van der Waals surface area contributed by atoms with Crippen molar-refractivity contribution in [2.75, 3.05) is 32.1 Å². The second-order valence-electron chi connectivity index (χ2n) is 7.45. The second-order valence-corrected chi connectivity index (χ2v) is 9.37. The van der Waals surface area contributed by atoms with Crippen molar-refractivity contribution in [2.45, 2.75) is 42.6 Å². The molecule has 0 aliphatic carbocycles. The maximum absolute atomic E-state index is 13.2. The molecule has 1 fully saturated rings. The summed E-state index contributed by atoms with van der Waals surface area (Å²) in [6.07, 6.45) is 2.02. The zero-order valence-electron chi connectivity index (χ0n) is 17.5. The summed E-state index contributed by atoms with van der Waals surface area (Å²) in [5.74, 6) is -0.00916. The van der Waals surface area contributed by atoms with Crippen LogP contribution in [0.5, 0.6) is 5.75 Å². The number of carbonyl (C=O) groups is 1. The molecule has 1 saturated heterocycles. The Balaban J connectivity index is 1.79. The van der Waals surface area contributed by atoms with E-state index in [1.807, 2.05) is 6.92 Å². The van der Waals surface area contributed by atoms with Gasteiger partial charge in [-0.25, -0.2) is 8.42 Å². The molecule has 2 aromatic carbocycles. The number of benzene rings is 2. The molecule has 0 aromatic heterocycles. The Morgan fingerprint density at radius 1 is 1.17 bits per heavy atom. The molecular weight excluding hydrogens is 404 g/mol. The topological polar surface area (TPSA) is 93.7 Å². The molecule has 0 saturated carbocycles. The summed E-state index contributed by atoms with van der Waals surface area (Å²) in [5, 5.41) is 5.85. The number of anilines is 1. The second kappa shape index (κ2) is 9.49. The molecule has 0 spiro atoms. The number of hydrogen-bond donors (Lipinski definition) is 2. The third-order valence-electron chi connectivity index (χ3n) is 5.01. The number of aryl methyl sites for hydroxylation is 2. The van der Waals surface area contributed by atoms with Gasteiger partial charge in [0, 0.05) is 13.2 Å². The molecule has 1 atom stereocenters. The molecule has 2 aromatic rings. The van der Waals surface area contributed by atoms with Crippen LogP contribution in [0.1, 0.15) is 24.0 Å². The van der Waals surface area contributed by atoms with Crippen LogP contribution in [0.25, 0.3) is 0 Å². The normalized spacial score (nSPS) is 16.3. The van der Waals surface area contributed by atoms with Crippen LogP contribution in [0, 0.1) is 13.8 Å². The lowest BCUT2D eigenvalue weighted by molar-refractivity contribution is -0.119. The highest BCUT2D eigenvalue weighted by molar-refractivity contribution is 7.91. The Bertz CT molecular complexity index is 997. The van der Waals surface area contributed by atoms with Crippen molar-refractivity contribution in [3.05, 3.63) is 47.5 Å². The molecule has 0 radical (unpaired) electrons. The lowest BCUT2D eigenvalue weighted by Crippen LogP contribution is -2.35. The van der Waals surface area contributed by atoms with Gasteiger partial charge in [-0.3, -0.25) is 4.79 Å². The van der Waals surface area contributed by atoms with Gasteiger partial charge in [0.15, 0.2) is 5.75 Å². The molecule has 1 heterocycles. The standard InChI is InChI=1S/C22H28N2O5S/c1-15-6-8-18(9-7-15)30(26,27)20-12-16(2)11-19(22(20)28-3)23-14-21(25)24-13-17-5-4-10-29-17/h6-9,11-12,17,23H,4-5,10,13-14H2,1-3H3,(H,24,25). The molecule has 3 rings (SSSR count). The molecule has 7 nitrogen and oxygen atoms in total. The summed E-state index contributed by atoms with van der Waals surface area (Å²) in [7, 11) is -2.37. The van der Waals surface area contributed by atoms with Crippen molar-refractivity contribution < 1.29 is 22.7 Å². The summed E-state index contributed by atoms with van der Waals surface area (Å²) in [4.78, 5) is 12.5. The fourth-order valence-electron chi connectivity index (χ4n) is 3.40.